The number of nitrogens with zero attached hydrogens (tertiary/aromatic N) is 2. The van der Waals surface area contributed by atoms with Crippen molar-refractivity contribution in [3.63, 3.8) is 0 Å². The van der Waals surface area contributed by atoms with E-state index < -0.39 is 0 Å². The van der Waals surface area contributed by atoms with Gasteiger partial charge in [-0.15, -0.1) is 0 Å². The highest BCUT2D eigenvalue weighted by atomic mass is 16.5. The van der Waals surface area contributed by atoms with Crippen LogP contribution in [0.3, 0.4) is 0 Å². The van der Waals surface area contributed by atoms with Crippen LogP contribution in [0, 0.1) is 0 Å². The number of methoxy groups -OCH3 is 1. The first kappa shape index (κ1) is 19.2. The molecule has 6 heteroatoms. The molecule has 1 aliphatic heterocycles. The number of nitrogens with two attached hydrogens (primary N) is 1. The molecule has 0 unspecified atom stereocenters. The van der Waals surface area contributed by atoms with Crippen LogP contribution in [0.2, 0.25) is 0 Å². The number of carbonyl (C=O) groups is 1. The lowest BCUT2D eigenvalue weighted by Crippen LogP contribution is -2.51. The Hall–Kier alpha value is -2.57. The maximum Gasteiger partial charge on any atom is 0.239 e. The van der Waals surface area contributed by atoms with E-state index in [0.717, 1.165) is 49.8 Å². The smallest absolute Gasteiger partial charge is 0.239 e. The van der Waals surface area contributed by atoms with Crippen molar-refractivity contribution < 1.29 is 14.3 Å². The molecular weight excluding hydrogens is 342 g/mol. The quantitative estimate of drug-likeness (QED) is 0.770. The van der Waals surface area contributed by atoms with Crippen molar-refractivity contribution in [2.45, 2.75) is 6.04 Å². The van der Waals surface area contributed by atoms with E-state index in [1.165, 1.54) is 0 Å². The zero-order valence-electron chi connectivity index (χ0n) is 15.7. The van der Waals surface area contributed by atoms with Crippen molar-refractivity contribution in [1.82, 2.24) is 9.80 Å². The van der Waals surface area contributed by atoms with E-state index in [0.29, 0.717) is 6.61 Å². The average Bonchev–Trinajstić information content (AvgIpc) is 2.70. The van der Waals surface area contributed by atoms with E-state index in [1.54, 1.807) is 7.11 Å². The second-order valence-electron chi connectivity index (χ2n) is 6.62. The molecule has 1 amide bonds. The van der Waals surface area contributed by atoms with Crippen molar-refractivity contribution in [3.8, 4) is 11.5 Å². The van der Waals surface area contributed by atoms with Crippen LogP contribution in [-0.2, 0) is 4.79 Å². The Kier molecular flexibility index (Phi) is 6.68. The van der Waals surface area contributed by atoms with Crippen molar-refractivity contribution in [1.29, 1.82) is 0 Å². The fraction of sp³-hybridized carbons (Fsp3) is 0.381. The van der Waals surface area contributed by atoms with Gasteiger partial charge in [-0.3, -0.25) is 14.6 Å². The van der Waals surface area contributed by atoms with Crippen LogP contribution in [-0.4, -0.2) is 62.1 Å². The fourth-order valence-electron chi connectivity index (χ4n) is 3.40. The summed E-state index contributed by atoms with van der Waals surface area (Å²) in [5.74, 6) is 1.37. The summed E-state index contributed by atoms with van der Waals surface area (Å²) < 4.78 is 11.0. The van der Waals surface area contributed by atoms with E-state index >= 15 is 0 Å². The Balaban J connectivity index is 1.46. The van der Waals surface area contributed by atoms with Crippen molar-refractivity contribution in [3.05, 3.63) is 60.2 Å². The topological polar surface area (TPSA) is 68.0 Å². The van der Waals surface area contributed by atoms with Crippen LogP contribution < -0.4 is 15.2 Å². The number of primary amides is 1. The van der Waals surface area contributed by atoms with Gasteiger partial charge in [-0.1, -0.05) is 30.3 Å². The summed E-state index contributed by atoms with van der Waals surface area (Å²) in [5.41, 5.74) is 6.64. The van der Waals surface area contributed by atoms with E-state index in [4.69, 9.17) is 15.2 Å². The number of piperazine rings is 1. The summed E-state index contributed by atoms with van der Waals surface area (Å²) in [4.78, 5) is 16.5. The number of amides is 1. The molecule has 3 rings (SSSR count). The first-order valence-corrected chi connectivity index (χ1v) is 9.25. The Morgan fingerprint density at radius 3 is 2.22 bits per heavy atom. The lowest BCUT2D eigenvalue weighted by molar-refractivity contribution is -0.124. The van der Waals surface area contributed by atoms with Gasteiger partial charge in [0.2, 0.25) is 5.91 Å². The summed E-state index contributed by atoms with van der Waals surface area (Å²) in [5, 5.41) is 0. The molecule has 27 heavy (non-hydrogen) atoms. The molecule has 2 aromatic carbocycles. The second kappa shape index (κ2) is 9.39. The number of hydrogen-bond donors (Lipinski definition) is 1. The molecule has 2 N–H and O–H groups in total. The van der Waals surface area contributed by atoms with Crippen LogP contribution in [0.1, 0.15) is 11.6 Å². The summed E-state index contributed by atoms with van der Waals surface area (Å²) in [6, 6.07) is 17.0. The fourth-order valence-corrected chi connectivity index (χ4v) is 3.40. The molecule has 1 atom stereocenters. The molecule has 0 radical (unpaired) electrons. The first-order chi connectivity index (χ1) is 13.2. The van der Waals surface area contributed by atoms with Gasteiger partial charge < -0.3 is 15.2 Å². The number of benzene rings is 2. The Morgan fingerprint density at radius 1 is 1.00 bits per heavy atom. The zero-order valence-corrected chi connectivity index (χ0v) is 15.7. The largest absolute Gasteiger partial charge is 0.497 e. The van der Waals surface area contributed by atoms with Crippen LogP contribution in [0.5, 0.6) is 11.5 Å². The maximum absolute atomic E-state index is 12.0. The number of ether oxygens (including phenoxy) is 2. The molecule has 0 aromatic heterocycles. The summed E-state index contributed by atoms with van der Waals surface area (Å²) in [7, 11) is 1.65. The highest BCUT2D eigenvalue weighted by Gasteiger charge is 2.28. The number of hydrogen-bond acceptors (Lipinski definition) is 5. The normalized spacial score (nSPS) is 16.6. The maximum atomic E-state index is 12.0. The van der Waals surface area contributed by atoms with Gasteiger partial charge in [0, 0.05) is 32.7 Å². The molecule has 0 bridgehead atoms. The van der Waals surface area contributed by atoms with Crippen LogP contribution in [0.4, 0.5) is 0 Å². The Morgan fingerprint density at radius 2 is 1.63 bits per heavy atom. The van der Waals surface area contributed by atoms with Gasteiger partial charge in [0.05, 0.1) is 7.11 Å². The van der Waals surface area contributed by atoms with E-state index in [9.17, 15) is 4.79 Å². The second-order valence-corrected chi connectivity index (χ2v) is 6.62. The monoisotopic (exact) mass is 369 g/mol. The SMILES string of the molecule is COc1ccc(OCCN2CCN([C@H](C(N)=O)c3ccccc3)CC2)cc1. The van der Waals surface area contributed by atoms with Gasteiger partial charge in [-0.25, -0.2) is 0 Å². The number of carbonyl (C=O) groups excluding carboxylic acids is 1. The molecule has 1 heterocycles. The van der Waals surface area contributed by atoms with Gasteiger partial charge in [0.1, 0.15) is 24.1 Å². The average molecular weight is 369 g/mol. The lowest BCUT2D eigenvalue weighted by atomic mass is 10.0. The van der Waals surface area contributed by atoms with Gasteiger partial charge in [0.25, 0.3) is 0 Å². The molecule has 1 saturated heterocycles. The standard InChI is InChI=1S/C21H27N3O3/c1-26-18-7-9-19(10-8-18)27-16-15-23-11-13-24(14-12-23)20(21(22)25)17-5-3-2-4-6-17/h2-10,20H,11-16H2,1H3,(H2,22,25)/t20-/m0/s1. The minimum absolute atomic E-state index is 0.294. The molecule has 0 spiro atoms. The molecule has 2 aromatic rings. The molecule has 144 valence electrons. The Bertz CT molecular complexity index is 713. The van der Waals surface area contributed by atoms with Crippen molar-refractivity contribution >= 4 is 5.91 Å². The van der Waals surface area contributed by atoms with E-state index in [2.05, 4.69) is 9.80 Å². The van der Waals surface area contributed by atoms with Gasteiger partial charge in [-0.2, -0.15) is 0 Å². The van der Waals surface area contributed by atoms with Crippen molar-refractivity contribution in [2.24, 2.45) is 5.73 Å². The molecule has 1 fully saturated rings. The molecule has 1 aliphatic rings. The molecular formula is C21H27N3O3. The summed E-state index contributed by atoms with van der Waals surface area (Å²) >= 11 is 0. The van der Waals surface area contributed by atoms with E-state index in [1.807, 2.05) is 54.6 Å². The Labute approximate surface area is 160 Å². The van der Waals surface area contributed by atoms with Crippen LogP contribution in [0.25, 0.3) is 0 Å². The zero-order chi connectivity index (χ0) is 19.1. The third-order valence-electron chi connectivity index (χ3n) is 4.89. The minimum atomic E-state index is -0.358. The highest BCUT2D eigenvalue weighted by molar-refractivity contribution is 5.81. The van der Waals surface area contributed by atoms with Crippen LogP contribution in [0.15, 0.2) is 54.6 Å². The lowest BCUT2D eigenvalue weighted by Gasteiger charge is -2.38. The summed E-state index contributed by atoms with van der Waals surface area (Å²) in [6.07, 6.45) is 0. The minimum Gasteiger partial charge on any atom is -0.497 e. The van der Waals surface area contributed by atoms with Gasteiger partial charge in [0.15, 0.2) is 0 Å². The molecule has 0 aliphatic carbocycles. The third kappa shape index (κ3) is 5.21. The number of rotatable bonds is 8. The van der Waals surface area contributed by atoms with E-state index in [-0.39, 0.29) is 11.9 Å². The van der Waals surface area contributed by atoms with Crippen LogP contribution >= 0.6 is 0 Å². The van der Waals surface area contributed by atoms with Gasteiger partial charge >= 0.3 is 0 Å². The first-order valence-electron chi connectivity index (χ1n) is 9.25. The van der Waals surface area contributed by atoms with Crippen molar-refractivity contribution in [2.75, 3.05) is 46.4 Å². The predicted octanol–water partition coefficient (Wildman–Crippen LogP) is 1.92. The molecule has 6 nitrogen and oxygen atoms in total. The van der Waals surface area contributed by atoms with Gasteiger partial charge in [-0.05, 0) is 29.8 Å². The predicted molar refractivity (Wildman–Crippen MR) is 105 cm³/mol. The third-order valence-corrected chi connectivity index (χ3v) is 4.89. The molecule has 0 saturated carbocycles. The highest BCUT2D eigenvalue weighted by Crippen LogP contribution is 2.22. The summed E-state index contributed by atoms with van der Waals surface area (Å²) in [6.45, 7) is 4.89.